The molecule has 1 heterocycles. The molecule has 1 aromatic carbocycles. The Morgan fingerprint density at radius 1 is 1.47 bits per heavy atom. The number of halogens is 1. The number of aryl methyl sites for hydroxylation is 1. The minimum absolute atomic E-state index is 0.214. The van der Waals surface area contributed by atoms with Gasteiger partial charge in [-0.05, 0) is 24.1 Å². The highest BCUT2D eigenvalue weighted by Crippen LogP contribution is 2.24. The number of nitrogens with two attached hydrogens (primary N) is 1. The molecule has 0 aliphatic rings. The van der Waals surface area contributed by atoms with E-state index in [1.807, 2.05) is 13.1 Å². The van der Waals surface area contributed by atoms with Gasteiger partial charge in [0.1, 0.15) is 0 Å². The SMILES string of the molecule is COc1cccc(CC(NN)c2ccnn2C)c1F. The predicted octanol–water partition coefficient (Wildman–Crippen LogP) is 1.31. The molecule has 0 radical (unpaired) electrons. The fourth-order valence-electron chi connectivity index (χ4n) is 2.07. The van der Waals surface area contributed by atoms with Gasteiger partial charge in [0.25, 0.3) is 0 Å². The number of nitrogens with zero attached hydrogens (tertiary/aromatic N) is 2. The summed E-state index contributed by atoms with van der Waals surface area (Å²) in [6, 6.07) is 6.71. The van der Waals surface area contributed by atoms with Crippen molar-refractivity contribution in [1.82, 2.24) is 15.2 Å². The lowest BCUT2D eigenvalue weighted by Gasteiger charge is -2.17. The Balaban J connectivity index is 2.27. The molecule has 5 nitrogen and oxygen atoms in total. The van der Waals surface area contributed by atoms with Crippen molar-refractivity contribution >= 4 is 0 Å². The van der Waals surface area contributed by atoms with Crippen LogP contribution >= 0.6 is 0 Å². The van der Waals surface area contributed by atoms with Gasteiger partial charge >= 0.3 is 0 Å². The van der Waals surface area contributed by atoms with Gasteiger partial charge in [-0.2, -0.15) is 5.10 Å². The van der Waals surface area contributed by atoms with Crippen LogP contribution in [0.1, 0.15) is 17.3 Å². The number of hydrazine groups is 1. The molecule has 102 valence electrons. The van der Waals surface area contributed by atoms with Gasteiger partial charge < -0.3 is 4.74 Å². The highest BCUT2D eigenvalue weighted by Gasteiger charge is 2.17. The smallest absolute Gasteiger partial charge is 0.168 e. The quantitative estimate of drug-likeness (QED) is 0.631. The third-order valence-corrected chi connectivity index (χ3v) is 3.10. The highest BCUT2D eigenvalue weighted by atomic mass is 19.1. The van der Waals surface area contributed by atoms with Crippen molar-refractivity contribution in [3.8, 4) is 5.75 Å². The van der Waals surface area contributed by atoms with E-state index in [0.29, 0.717) is 12.0 Å². The zero-order valence-corrected chi connectivity index (χ0v) is 10.9. The van der Waals surface area contributed by atoms with Crippen LogP contribution in [0.4, 0.5) is 4.39 Å². The molecule has 2 aromatic rings. The molecule has 2 rings (SSSR count). The first kappa shape index (κ1) is 13.5. The minimum atomic E-state index is -0.354. The van der Waals surface area contributed by atoms with Crippen LogP contribution in [0.15, 0.2) is 30.5 Å². The van der Waals surface area contributed by atoms with E-state index in [1.165, 1.54) is 7.11 Å². The van der Waals surface area contributed by atoms with Crippen LogP contribution in [-0.4, -0.2) is 16.9 Å². The number of hydrogen-bond acceptors (Lipinski definition) is 4. The van der Waals surface area contributed by atoms with E-state index in [9.17, 15) is 4.39 Å². The van der Waals surface area contributed by atoms with Crippen molar-refractivity contribution in [2.24, 2.45) is 12.9 Å². The maximum atomic E-state index is 14.1. The van der Waals surface area contributed by atoms with Gasteiger partial charge in [0.15, 0.2) is 11.6 Å². The Morgan fingerprint density at radius 3 is 2.84 bits per heavy atom. The lowest BCUT2D eigenvalue weighted by atomic mass is 10.0. The molecule has 0 saturated heterocycles. The zero-order chi connectivity index (χ0) is 13.8. The zero-order valence-electron chi connectivity index (χ0n) is 10.9. The molecule has 0 fully saturated rings. The van der Waals surface area contributed by atoms with Crippen molar-refractivity contribution < 1.29 is 9.13 Å². The minimum Gasteiger partial charge on any atom is -0.494 e. The van der Waals surface area contributed by atoms with Crippen LogP contribution in [0, 0.1) is 5.82 Å². The van der Waals surface area contributed by atoms with Gasteiger partial charge in [-0.15, -0.1) is 0 Å². The maximum absolute atomic E-state index is 14.1. The molecule has 0 amide bonds. The Bertz CT molecular complexity index is 555. The van der Waals surface area contributed by atoms with Crippen molar-refractivity contribution in [3.05, 3.63) is 47.5 Å². The Morgan fingerprint density at radius 2 is 2.26 bits per heavy atom. The summed E-state index contributed by atoms with van der Waals surface area (Å²) in [6.45, 7) is 0. The maximum Gasteiger partial charge on any atom is 0.168 e. The largest absolute Gasteiger partial charge is 0.494 e. The molecule has 0 bridgehead atoms. The van der Waals surface area contributed by atoms with Crippen LogP contribution in [0.2, 0.25) is 0 Å². The first-order chi connectivity index (χ1) is 9.17. The summed E-state index contributed by atoms with van der Waals surface area (Å²) >= 11 is 0. The molecule has 1 atom stereocenters. The van der Waals surface area contributed by atoms with Crippen LogP contribution in [0.3, 0.4) is 0 Å². The van der Waals surface area contributed by atoms with E-state index in [2.05, 4.69) is 10.5 Å². The van der Waals surface area contributed by atoms with Crippen LogP contribution in [0.5, 0.6) is 5.75 Å². The van der Waals surface area contributed by atoms with Gasteiger partial charge in [-0.3, -0.25) is 16.0 Å². The molecular weight excluding hydrogens is 247 g/mol. The lowest BCUT2D eigenvalue weighted by Crippen LogP contribution is -2.31. The second kappa shape index (κ2) is 5.81. The van der Waals surface area contributed by atoms with Gasteiger partial charge in [0.2, 0.25) is 0 Å². The molecule has 0 aliphatic heterocycles. The average Bonchev–Trinajstić information content (AvgIpc) is 2.84. The van der Waals surface area contributed by atoms with Gasteiger partial charge in [0, 0.05) is 13.2 Å². The van der Waals surface area contributed by atoms with Crippen molar-refractivity contribution in [2.75, 3.05) is 7.11 Å². The molecule has 6 heteroatoms. The fourth-order valence-corrected chi connectivity index (χ4v) is 2.07. The van der Waals surface area contributed by atoms with E-state index < -0.39 is 0 Å². The molecule has 3 N–H and O–H groups in total. The number of methoxy groups -OCH3 is 1. The first-order valence-electron chi connectivity index (χ1n) is 5.92. The predicted molar refractivity (Wildman–Crippen MR) is 69.9 cm³/mol. The van der Waals surface area contributed by atoms with Crippen molar-refractivity contribution in [1.29, 1.82) is 0 Å². The fraction of sp³-hybridized carbons (Fsp3) is 0.308. The van der Waals surface area contributed by atoms with E-state index >= 15 is 0 Å². The summed E-state index contributed by atoms with van der Waals surface area (Å²) in [7, 11) is 3.27. The highest BCUT2D eigenvalue weighted by molar-refractivity contribution is 5.32. The molecule has 0 aliphatic carbocycles. The summed E-state index contributed by atoms with van der Waals surface area (Å²) in [5.41, 5.74) is 4.13. The Hall–Kier alpha value is -1.92. The van der Waals surface area contributed by atoms with E-state index in [-0.39, 0.29) is 17.6 Å². The number of aromatic nitrogens is 2. The number of hydrogen-bond donors (Lipinski definition) is 2. The summed E-state index contributed by atoms with van der Waals surface area (Å²) in [6.07, 6.45) is 2.10. The standard InChI is InChI=1S/C13H17FN4O/c1-18-11(6-7-16-18)10(17-15)8-9-4-3-5-12(19-2)13(9)14/h3-7,10,17H,8,15H2,1-2H3. The number of rotatable bonds is 5. The third-order valence-electron chi connectivity index (χ3n) is 3.10. The Kier molecular flexibility index (Phi) is 4.13. The van der Waals surface area contributed by atoms with Crippen molar-refractivity contribution in [2.45, 2.75) is 12.5 Å². The van der Waals surface area contributed by atoms with Crippen LogP contribution in [-0.2, 0) is 13.5 Å². The molecule has 1 unspecified atom stereocenters. The summed E-state index contributed by atoms with van der Waals surface area (Å²) in [5.74, 6) is 5.44. The Labute approximate surface area is 111 Å². The van der Waals surface area contributed by atoms with E-state index in [1.54, 1.807) is 29.1 Å². The first-order valence-corrected chi connectivity index (χ1v) is 5.92. The van der Waals surface area contributed by atoms with E-state index in [4.69, 9.17) is 10.6 Å². The second-order valence-electron chi connectivity index (χ2n) is 4.24. The topological polar surface area (TPSA) is 65.1 Å². The molecule has 0 saturated carbocycles. The molecule has 19 heavy (non-hydrogen) atoms. The van der Waals surface area contributed by atoms with Crippen LogP contribution < -0.4 is 16.0 Å². The summed E-state index contributed by atoms with van der Waals surface area (Å²) < 4.78 is 20.8. The van der Waals surface area contributed by atoms with E-state index in [0.717, 1.165) is 5.69 Å². The third kappa shape index (κ3) is 2.74. The second-order valence-corrected chi connectivity index (χ2v) is 4.24. The van der Waals surface area contributed by atoms with Gasteiger partial charge in [-0.1, -0.05) is 12.1 Å². The monoisotopic (exact) mass is 264 g/mol. The molecular formula is C13H17FN4O. The molecule has 1 aromatic heterocycles. The number of nitrogens with one attached hydrogen (secondary N) is 1. The summed E-state index contributed by atoms with van der Waals surface area (Å²) in [4.78, 5) is 0. The average molecular weight is 264 g/mol. The van der Waals surface area contributed by atoms with Gasteiger partial charge in [0.05, 0.1) is 18.8 Å². The van der Waals surface area contributed by atoms with Crippen molar-refractivity contribution in [3.63, 3.8) is 0 Å². The van der Waals surface area contributed by atoms with Gasteiger partial charge in [-0.25, -0.2) is 4.39 Å². The normalized spacial score (nSPS) is 12.4. The lowest BCUT2D eigenvalue weighted by molar-refractivity contribution is 0.382. The van der Waals surface area contributed by atoms with Crippen LogP contribution in [0.25, 0.3) is 0 Å². The molecule has 0 spiro atoms. The summed E-state index contributed by atoms with van der Waals surface area (Å²) in [5, 5.41) is 4.09. The number of benzene rings is 1. The number of ether oxygens (including phenoxy) is 1.